The van der Waals surface area contributed by atoms with E-state index in [0.29, 0.717) is 13.0 Å². The number of nitrogens with two attached hydrogens (primary N) is 1. The Balaban J connectivity index is 2.35. The molecule has 1 atom stereocenters. The van der Waals surface area contributed by atoms with Crippen LogP contribution in [0.2, 0.25) is 0 Å². The first-order valence-corrected chi connectivity index (χ1v) is 6.43. The molecule has 102 valence electrons. The molecule has 5 nitrogen and oxygen atoms in total. The second kappa shape index (κ2) is 6.54. The van der Waals surface area contributed by atoms with Crippen LogP contribution in [0.25, 0.3) is 0 Å². The van der Waals surface area contributed by atoms with E-state index in [2.05, 4.69) is 10.4 Å². The maximum atomic E-state index is 11.5. The lowest BCUT2D eigenvalue weighted by atomic mass is 10.1. The molecule has 0 saturated carbocycles. The first-order chi connectivity index (χ1) is 8.41. The second-order valence-corrected chi connectivity index (χ2v) is 4.89. The van der Waals surface area contributed by atoms with Crippen molar-refractivity contribution < 1.29 is 4.79 Å². The Hall–Kier alpha value is -1.36. The Morgan fingerprint density at radius 2 is 2.17 bits per heavy atom. The van der Waals surface area contributed by atoms with Crippen LogP contribution in [0, 0.1) is 13.8 Å². The minimum Gasteiger partial charge on any atom is -0.356 e. The van der Waals surface area contributed by atoms with Crippen LogP contribution in [-0.4, -0.2) is 28.3 Å². The fraction of sp³-hybridized carbons (Fsp3) is 0.692. The van der Waals surface area contributed by atoms with E-state index in [4.69, 9.17) is 5.73 Å². The predicted octanol–water partition coefficient (Wildman–Crippen LogP) is 0.823. The molecule has 0 saturated heterocycles. The summed E-state index contributed by atoms with van der Waals surface area (Å²) in [6.07, 6.45) is 2.06. The summed E-state index contributed by atoms with van der Waals surface area (Å²) in [5.74, 6) is 0.0755. The topological polar surface area (TPSA) is 72.9 Å². The predicted molar refractivity (Wildman–Crippen MR) is 72.3 cm³/mol. The summed E-state index contributed by atoms with van der Waals surface area (Å²) < 4.78 is 1.88. The van der Waals surface area contributed by atoms with Crippen molar-refractivity contribution in [3.63, 3.8) is 0 Å². The first kappa shape index (κ1) is 14.7. The van der Waals surface area contributed by atoms with Gasteiger partial charge in [-0.25, -0.2) is 0 Å². The second-order valence-electron chi connectivity index (χ2n) is 4.89. The van der Waals surface area contributed by atoms with Crippen molar-refractivity contribution in [2.75, 3.05) is 6.54 Å². The molecule has 1 aromatic rings. The molecule has 0 aliphatic rings. The van der Waals surface area contributed by atoms with Gasteiger partial charge in [-0.1, -0.05) is 0 Å². The van der Waals surface area contributed by atoms with Crippen molar-refractivity contribution in [3.8, 4) is 0 Å². The molecule has 1 aromatic heterocycles. The molecule has 0 aliphatic carbocycles. The van der Waals surface area contributed by atoms with Gasteiger partial charge in [0.15, 0.2) is 0 Å². The van der Waals surface area contributed by atoms with Crippen LogP contribution in [0.4, 0.5) is 0 Å². The van der Waals surface area contributed by atoms with Gasteiger partial charge in [-0.05, 0) is 39.2 Å². The van der Waals surface area contributed by atoms with Gasteiger partial charge in [0.05, 0.1) is 5.69 Å². The normalized spacial score (nSPS) is 12.5. The molecule has 3 N–H and O–H groups in total. The van der Waals surface area contributed by atoms with Crippen molar-refractivity contribution >= 4 is 5.91 Å². The highest BCUT2D eigenvalue weighted by atomic mass is 16.1. The van der Waals surface area contributed by atoms with E-state index in [1.165, 1.54) is 5.56 Å². The van der Waals surface area contributed by atoms with Crippen molar-refractivity contribution in [2.24, 2.45) is 12.8 Å². The Labute approximate surface area is 109 Å². The molecule has 1 amide bonds. The Morgan fingerprint density at radius 3 is 2.67 bits per heavy atom. The zero-order valence-corrected chi connectivity index (χ0v) is 11.8. The van der Waals surface area contributed by atoms with Crippen LogP contribution in [0.1, 0.15) is 36.7 Å². The number of hydrogen-bond acceptors (Lipinski definition) is 3. The first-order valence-electron chi connectivity index (χ1n) is 6.43. The monoisotopic (exact) mass is 252 g/mol. The van der Waals surface area contributed by atoms with Crippen LogP contribution in [0.3, 0.4) is 0 Å². The summed E-state index contributed by atoms with van der Waals surface area (Å²) in [5, 5.41) is 7.27. The number of hydrogen-bond donors (Lipinski definition) is 2. The Morgan fingerprint density at radius 1 is 1.50 bits per heavy atom. The lowest BCUT2D eigenvalue weighted by Crippen LogP contribution is -2.27. The van der Waals surface area contributed by atoms with Crippen LogP contribution in [0.15, 0.2) is 0 Å². The third-order valence-electron chi connectivity index (χ3n) is 3.18. The van der Waals surface area contributed by atoms with Crippen molar-refractivity contribution in [1.82, 2.24) is 15.1 Å². The summed E-state index contributed by atoms with van der Waals surface area (Å²) in [6.45, 7) is 6.62. The molecular formula is C13H24N4O. The fourth-order valence-corrected chi connectivity index (χ4v) is 1.95. The van der Waals surface area contributed by atoms with E-state index < -0.39 is 0 Å². The number of aryl methyl sites for hydroxylation is 2. The highest BCUT2D eigenvalue weighted by Crippen LogP contribution is 2.11. The third kappa shape index (κ3) is 4.14. The van der Waals surface area contributed by atoms with Gasteiger partial charge in [0.25, 0.3) is 0 Å². The van der Waals surface area contributed by atoms with Gasteiger partial charge in [0, 0.05) is 31.7 Å². The molecule has 0 spiro atoms. The molecule has 1 unspecified atom stereocenters. The van der Waals surface area contributed by atoms with Gasteiger partial charge < -0.3 is 11.1 Å². The zero-order valence-electron chi connectivity index (χ0n) is 11.8. The standard InChI is InChI=1S/C13H24N4O/c1-9(14)5-6-13(18)15-8-7-12-10(2)16-17(4)11(12)3/h9H,5-8,14H2,1-4H3,(H,15,18). The summed E-state index contributed by atoms with van der Waals surface area (Å²) in [6, 6.07) is 0.0820. The molecule has 0 fully saturated rings. The van der Waals surface area contributed by atoms with E-state index in [0.717, 1.165) is 24.2 Å². The van der Waals surface area contributed by atoms with Gasteiger partial charge in [-0.3, -0.25) is 9.48 Å². The highest BCUT2D eigenvalue weighted by Gasteiger charge is 2.09. The lowest BCUT2D eigenvalue weighted by Gasteiger charge is -2.07. The number of carbonyl (C=O) groups excluding carboxylic acids is 1. The Kier molecular flexibility index (Phi) is 5.34. The molecular weight excluding hydrogens is 228 g/mol. The van der Waals surface area contributed by atoms with E-state index in [-0.39, 0.29) is 11.9 Å². The van der Waals surface area contributed by atoms with Crippen molar-refractivity contribution in [3.05, 3.63) is 17.0 Å². The molecule has 1 heterocycles. The van der Waals surface area contributed by atoms with Crippen LogP contribution in [0.5, 0.6) is 0 Å². The number of nitrogens with zero attached hydrogens (tertiary/aromatic N) is 2. The van der Waals surface area contributed by atoms with Gasteiger partial charge in [-0.15, -0.1) is 0 Å². The summed E-state index contributed by atoms with van der Waals surface area (Å²) in [4.78, 5) is 11.5. The molecule has 1 rings (SSSR count). The maximum absolute atomic E-state index is 11.5. The smallest absolute Gasteiger partial charge is 0.220 e. The molecule has 18 heavy (non-hydrogen) atoms. The summed E-state index contributed by atoms with van der Waals surface area (Å²) in [5.41, 5.74) is 9.04. The van der Waals surface area contributed by atoms with E-state index in [1.807, 2.05) is 32.5 Å². The number of rotatable bonds is 6. The third-order valence-corrected chi connectivity index (χ3v) is 3.18. The number of amides is 1. The summed E-state index contributed by atoms with van der Waals surface area (Å²) >= 11 is 0. The molecule has 0 aromatic carbocycles. The van der Waals surface area contributed by atoms with Gasteiger partial charge in [-0.2, -0.15) is 5.10 Å². The quantitative estimate of drug-likeness (QED) is 0.787. The molecule has 5 heteroatoms. The summed E-state index contributed by atoms with van der Waals surface area (Å²) in [7, 11) is 1.94. The number of carbonyl (C=O) groups is 1. The lowest BCUT2D eigenvalue weighted by molar-refractivity contribution is -0.121. The zero-order chi connectivity index (χ0) is 13.7. The van der Waals surface area contributed by atoms with Gasteiger partial charge in [0.1, 0.15) is 0 Å². The minimum absolute atomic E-state index is 0.0755. The average molecular weight is 252 g/mol. The van der Waals surface area contributed by atoms with Crippen molar-refractivity contribution in [2.45, 2.75) is 46.1 Å². The van der Waals surface area contributed by atoms with Gasteiger partial charge in [0.2, 0.25) is 5.91 Å². The number of aromatic nitrogens is 2. The maximum Gasteiger partial charge on any atom is 0.220 e. The van der Waals surface area contributed by atoms with E-state index >= 15 is 0 Å². The van der Waals surface area contributed by atoms with Gasteiger partial charge >= 0.3 is 0 Å². The molecule has 0 aliphatic heterocycles. The fourth-order valence-electron chi connectivity index (χ4n) is 1.95. The molecule has 0 bridgehead atoms. The highest BCUT2D eigenvalue weighted by molar-refractivity contribution is 5.75. The van der Waals surface area contributed by atoms with E-state index in [1.54, 1.807) is 0 Å². The largest absolute Gasteiger partial charge is 0.356 e. The molecule has 0 radical (unpaired) electrons. The SMILES string of the molecule is Cc1nn(C)c(C)c1CCNC(=O)CCC(C)N. The van der Waals surface area contributed by atoms with Crippen LogP contribution >= 0.6 is 0 Å². The minimum atomic E-state index is 0.0755. The number of nitrogens with one attached hydrogen (secondary N) is 1. The Bertz CT molecular complexity index is 409. The average Bonchev–Trinajstić information content (AvgIpc) is 2.53. The van der Waals surface area contributed by atoms with Crippen molar-refractivity contribution in [1.29, 1.82) is 0 Å². The van der Waals surface area contributed by atoms with Crippen LogP contribution < -0.4 is 11.1 Å². The van der Waals surface area contributed by atoms with E-state index in [9.17, 15) is 4.79 Å². The van der Waals surface area contributed by atoms with Crippen LogP contribution in [-0.2, 0) is 18.3 Å².